The van der Waals surface area contributed by atoms with Crippen molar-refractivity contribution in [3.8, 4) is 0 Å². The first-order valence-electron chi connectivity index (χ1n) is 3.16. The van der Waals surface area contributed by atoms with Crippen molar-refractivity contribution >= 4 is 5.97 Å². The average molecular weight is 188 g/mol. The molecule has 0 saturated heterocycles. The third kappa shape index (κ3) is 2.67. The highest BCUT2D eigenvalue weighted by atomic mass is 19.3. The molecule has 2 nitrogen and oxygen atoms in total. The first-order chi connectivity index (χ1) is 5.28. The summed E-state index contributed by atoms with van der Waals surface area (Å²) in [6, 6.07) is 0. The molecule has 72 valence electrons. The number of hydrogen-bond donors (Lipinski definition) is 1. The molecule has 0 aliphatic rings. The Labute approximate surface area is 66.2 Å². The van der Waals surface area contributed by atoms with E-state index >= 15 is 0 Å². The van der Waals surface area contributed by atoms with Gasteiger partial charge in [-0.05, 0) is 0 Å². The van der Waals surface area contributed by atoms with Crippen molar-refractivity contribution in [1.29, 1.82) is 0 Å². The molecule has 0 saturated carbocycles. The van der Waals surface area contributed by atoms with E-state index in [0.29, 0.717) is 0 Å². The highest BCUT2D eigenvalue weighted by molar-refractivity contribution is 5.67. The molecule has 0 rings (SSSR count). The third-order valence-electron chi connectivity index (χ3n) is 1.43. The number of rotatable bonds is 4. The van der Waals surface area contributed by atoms with Crippen LogP contribution in [0, 0.1) is 5.92 Å². The van der Waals surface area contributed by atoms with Gasteiger partial charge in [-0.1, -0.05) is 6.92 Å². The average Bonchev–Trinajstić information content (AvgIpc) is 1.85. The molecule has 1 N–H and O–H groups in total. The van der Waals surface area contributed by atoms with Crippen molar-refractivity contribution in [2.24, 2.45) is 5.92 Å². The zero-order valence-electron chi connectivity index (χ0n) is 6.23. The van der Waals surface area contributed by atoms with Gasteiger partial charge in [-0.3, -0.25) is 4.79 Å². The monoisotopic (exact) mass is 188 g/mol. The summed E-state index contributed by atoms with van der Waals surface area (Å²) in [4.78, 5) is 9.90. The molecule has 0 aromatic heterocycles. The number of alkyl halides is 4. The van der Waals surface area contributed by atoms with Crippen molar-refractivity contribution in [3.05, 3.63) is 0 Å². The molecule has 0 bridgehead atoms. The van der Waals surface area contributed by atoms with Gasteiger partial charge in [-0.2, -0.15) is 8.78 Å². The van der Waals surface area contributed by atoms with E-state index in [1.54, 1.807) is 0 Å². The van der Waals surface area contributed by atoms with Gasteiger partial charge in [0.1, 0.15) is 0 Å². The van der Waals surface area contributed by atoms with Gasteiger partial charge in [-0.25, -0.2) is 8.78 Å². The summed E-state index contributed by atoms with van der Waals surface area (Å²) in [6.07, 6.45) is -4.77. The van der Waals surface area contributed by atoms with Crippen molar-refractivity contribution in [2.45, 2.75) is 25.7 Å². The van der Waals surface area contributed by atoms with Gasteiger partial charge in [0.05, 0.1) is 6.42 Å². The Bertz CT molecular complexity index is 169. The van der Waals surface area contributed by atoms with Gasteiger partial charge in [0.2, 0.25) is 0 Å². The van der Waals surface area contributed by atoms with E-state index in [0.717, 1.165) is 6.92 Å². The van der Waals surface area contributed by atoms with E-state index in [4.69, 9.17) is 5.11 Å². The molecule has 0 aromatic rings. The maximum atomic E-state index is 12.3. The minimum absolute atomic E-state index is 0.778. The van der Waals surface area contributed by atoms with Crippen LogP contribution in [0.5, 0.6) is 0 Å². The predicted molar refractivity (Wildman–Crippen MR) is 32.4 cm³/mol. The number of aliphatic carboxylic acids is 1. The van der Waals surface area contributed by atoms with Crippen LogP contribution >= 0.6 is 0 Å². The lowest BCUT2D eigenvalue weighted by molar-refractivity contribution is -0.170. The van der Waals surface area contributed by atoms with E-state index in [1.165, 1.54) is 0 Å². The van der Waals surface area contributed by atoms with Crippen LogP contribution in [-0.4, -0.2) is 23.4 Å². The minimum Gasteiger partial charge on any atom is -0.481 e. The summed E-state index contributed by atoms with van der Waals surface area (Å²) in [7, 11) is 0. The van der Waals surface area contributed by atoms with Gasteiger partial charge >= 0.3 is 18.3 Å². The molecule has 0 amide bonds. The van der Waals surface area contributed by atoms with Crippen molar-refractivity contribution in [2.75, 3.05) is 0 Å². The van der Waals surface area contributed by atoms with Gasteiger partial charge in [0.15, 0.2) is 0 Å². The summed E-state index contributed by atoms with van der Waals surface area (Å²) in [5, 5.41) is 8.05. The van der Waals surface area contributed by atoms with Crippen molar-refractivity contribution < 1.29 is 27.5 Å². The van der Waals surface area contributed by atoms with Gasteiger partial charge in [-0.15, -0.1) is 0 Å². The van der Waals surface area contributed by atoms with Crippen molar-refractivity contribution in [1.82, 2.24) is 0 Å². The van der Waals surface area contributed by atoms with Crippen LogP contribution in [0.3, 0.4) is 0 Å². The highest BCUT2D eigenvalue weighted by Crippen LogP contribution is 2.32. The highest BCUT2D eigenvalue weighted by Gasteiger charge is 2.46. The predicted octanol–water partition coefficient (Wildman–Crippen LogP) is 2.00. The number of carboxylic acid groups (broad SMARTS) is 1. The van der Waals surface area contributed by atoms with Crippen LogP contribution in [0.15, 0.2) is 0 Å². The lowest BCUT2D eigenvalue weighted by Gasteiger charge is -2.20. The molecular formula is C6H8F4O2. The number of carboxylic acids is 1. The molecule has 0 aliphatic heterocycles. The molecule has 1 unspecified atom stereocenters. The summed E-state index contributed by atoms with van der Waals surface area (Å²) in [5.74, 6) is -7.59. The van der Waals surface area contributed by atoms with Gasteiger partial charge in [0, 0.05) is 5.92 Å². The van der Waals surface area contributed by atoms with E-state index in [2.05, 4.69) is 0 Å². The Hall–Kier alpha value is -0.810. The summed E-state index contributed by atoms with van der Waals surface area (Å²) < 4.78 is 47.7. The smallest absolute Gasteiger partial charge is 0.310 e. The van der Waals surface area contributed by atoms with Crippen LogP contribution in [0.1, 0.15) is 13.3 Å². The fourth-order valence-corrected chi connectivity index (χ4v) is 0.613. The lowest BCUT2D eigenvalue weighted by atomic mass is 10.0. The number of hydrogen-bond acceptors (Lipinski definition) is 1. The Kier molecular flexibility index (Phi) is 3.48. The Balaban J connectivity index is 4.24. The normalized spacial score (nSPS) is 14.8. The maximum absolute atomic E-state index is 12.3. The Morgan fingerprint density at radius 3 is 2.17 bits per heavy atom. The maximum Gasteiger partial charge on any atom is 0.310 e. The molecule has 0 heterocycles. The Morgan fingerprint density at radius 2 is 1.92 bits per heavy atom. The van der Waals surface area contributed by atoms with E-state index in [9.17, 15) is 22.4 Å². The summed E-state index contributed by atoms with van der Waals surface area (Å²) in [5.41, 5.74) is 0. The molecule has 12 heavy (non-hydrogen) atoms. The zero-order valence-corrected chi connectivity index (χ0v) is 6.23. The molecular weight excluding hydrogens is 180 g/mol. The molecule has 0 aromatic carbocycles. The molecule has 0 fully saturated rings. The number of halogens is 4. The second-order valence-corrected chi connectivity index (χ2v) is 2.47. The molecule has 0 aliphatic carbocycles. The fourth-order valence-electron chi connectivity index (χ4n) is 0.613. The molecule has 1 atom stereocenters. The first kappa shape index (κ1) is 11.2. The standard InChI is InChI=1S/C6H8F4O2/c1-3(2-4(11)12)6(9,10)5(7)8/h3,5H,2H2,1H3,(H,11,12). The largest absolute Gasteiger partial charge is 0.481 e. The van der Waals surface area contributed by atoms with Crippen LogP contribution in [0.4, 0.5) is 17.6 Å². The van der Waals surface area contributed by atoms with Crippen molar-refractivity contribution in [3.63, 3.8) is 0 Å². The zero-order chi connectivity index (χ0) is 9.94. The Morgan fingerprint density at radius 1 is 1.50 bits per heavy atom. The second-order valence-electron chi connectivity index (χ2n) is 2.47. The van der Waals surface area contributed by atoms with E-state index < -0.39 is 30.7 Å². The molecule has 0 spiro atoms. The number of carbonyl (C=O) groups is 1. The van der Waals surface area contributed by atoms with Crippen LogP contribution in [0.2, 0.25) is 0 Å². The van der Waals surface area contributed by atoms with E-state index in [1.807, 2.05) is 0 Å². The SMILES string of the molecule is CC(CC(=O)O)C(F)(F)C(F)F. The van der Waals surface area contributed by atoms with Gasteiger partial charge < -0.3 is 5.11 Å². The molecule has 6 heteroatoms. The summed E-state index contributed by atoms with van der Waals surface area (Å²) >= 11 is 0. The lowest BCUT2D eigenvalue weighted by Crippen LogP contribution is -2.35. The quantitative estimate of drug-likeness (QED) is 0.685. The topological polar surface area (TPSA) is 37.3 Å². The summed E-state index contributed by atoms with van der Waals surface area (Å²) in [6.45, 7) is 0.778. The first-order valence-corrected chi connectivity index (χ1v) is 3.16. The van der Waals surface area contributed by atoms with E-state index in [-0.39, 0.29) is 0 Å². The third-order valence-corrected chi connectivity index (χ3v) is 1.43. The second kappa shape index (κ2) is 3.73. The molecule has 0 radical (unpaired) electrons. The van der Waals surface area contributed by atoms with Crippen LogP contribution < -0.4 is 0 Å². The minimum atomic E-state index is -4.22. The van der Waals surface area contributed by atoms with Gasteiger partial charge in [0.25, 0.3) is 0 Å². The fraction of sp³-hybridized carbons (Fsp3) is 0.833. The van der Waals surface area contributed by atoms with Crippen LogP contribution in [0.25, 0.3) is 0 Å². The van der Waals surface area contributed by atoms with Crippen LogP contribution in [-0.2, 0) is 4.79 Å².